The predicted molar refractivity (Wildman–Crippen MR) is 51.8 cm³/mol. The summed E-state index contributed by atoms with van der Waals surface area (Å²) in [5, 5.41) is 19.1. The Kier molecular flexibility index (Phi) is 6.08. The summed E-state index contributed by atoms with van der Waals surface area (Å²) in [6.45, 7) is 0. The molecule has 1 rings (SSSR count). The van der Waals surface area contributed by atoms with Gasteiger partial charge in [-0.25, -0.2) is 10.9 Å². The minimum atomic E-state index is -4.05. The molecule has 0 saturated carbocycles. The van der Waals surface area contributed by atoms with E-state index in [0.717, 1.165) is 18.2 Å². The summed E-state index contributed by atoms with van der Waals surface area (Å²) < 4.78 is 21.0. The maximum absolute atomic E-state index is 10.7. The van der Waals surface area contributed by atoms with Crippen LogP contribution in [0.2, 0.25) is 0 Å². The maximum Gasteiger partial charge on any atom is 1.00 e. The predicted octanol–water partition coefficient (Wildman–Crippen LogP) is -2.88. The molecule has 0 aliphatic carbocycles. The Morgan fingerprint density at radius 3 is 2.19 bits per heavy atom. The van der Waals surface area contributed by atoms with E-state index in [1.807, 2.05) is 0 Å². The first-order chi connectivity index (χ1) is 6.93. The van der Waals surface area contributed by atoms with Gasteiger partial charge < -0.3 is 15.0 Å². The molecule has 0 fully saturated rings. The second-order valence-corrected chi connectivity index (χ2v) is 4.91. The summed E-state index contributed by atoms with van der Waals surface area (Å²) in [6, 6.07) is 2.74. The maximum atomic E-state index is 10.7. The molecule has 0 radical (unpaired) electrons. The van der Waals surface area contributed by atoms with E-state index < -0.39 is 40.9 Å². The van der Waals surface area contributed by atoms with Crippen LogP contribution in [0.3, 0.4) is 0 Å². The standard InChI is InChI=1S/C8H5IO6.Na/c10-7(11)4-1-2-5(8(12)13)6(3-4)9(14)15;/h1-3H,(H,10,11)(H,12,13);/q;+1/p-1. The molecule has 0 bridgehead atoms. The zero-order chi connectivity index (χ0) is 11.6. The van der Waals surface area contributed by atoms with E-state index in [4.69, 9.17) is 5.11 Å². The fraction of sp³-hybridized carbons (Fsp3) is 0. The van der Waals surface area contributed by atoms with Crippen LogP contribution in [0, 0.1) is 3.57 Å². The number of carbonyl (C=O) groups excluding carboxylic acids is 1. The molecule has 0 heterocycles. The number of rotatable bonds is 3. The summed E-state index contributed by atoms with van der Waals surface area (Å²) in [5.74, 6) is -2.96. The zero-order valence-electron chi connectivity index (χ0n) is 8.10. The molecule has 1 aromatic carbocycles. The van der Waals surface area contributed by atoms with E-state index >= 15 is 0 Å². The molecule has 0 saturated heterocycles. The Morgan fingerprint density at radius 1 is 1.25 bits per heavy atom. The van der Waals surface area contributed by atoms with Gasteiger partial charge in [0.15, 0.2) is 0 Å². The van der Waals surface area contributed by atoms with Crippen LogP contribution in [0.1, 0.15) is 20.7 Å². The normalized spacial score (nSPS) is 9.56. The van der Waals surface area contributed by atoms with Crippen molar-refractivity contribution in [1.82, 2.24) is 0 Å². The Bertz CT molecular complexity index is 499. The van der Waals surface area contributed by atoms with Crippen molar-refractivity contribution < 1.29 is 55.5 Å². The first-order valence-corrected chi connectivity index (χ1v) is 6.41. The molecule has 1 N–H and O–H groups in total. The summed E-state index contributed by atoms with van der Waals surface area (Å²) in [7, 11) is 0. The van der Waals surface area contributed by atoms with E-state index in [1.165, 1.54) is 0 Å². The fourth-order valence-corrected chi connectivity index (χ4v) is 2.41. The van der Waals surface area contributed by atoms with Crippen LogP contribution in [0.5, 0.6) is 0 Å². The van der Waals surface area contributed by atoms with Crippen molar-refractivity contribution in [3.8, 4) is 0 Å². The van der Waals surface area contributed by atoms with Gasteiger partial charge in [0.25, 0.3) is 0 Å². The Morgan fingerprint density at radius 2 is 1.81 bits per heavy atom. The number of hydrogen-bond acceptors (Lipinski definition) is 5. The van der Waals surface area contributed by atoms with Gasteiger partial charge in [-0.05, 0) is 12.1 Å². The summed E-state index contributed by atoms with van der Waals surface area (Å²) >= 11 is -4.05. The summed E-state index contributed by atoms with van der Waals surface area (Å²) in [5.41, 5.74) is -0.779. The molecule has 1 aromatic rings. The third-order valence-electron chi connectivity index (χ3n) is 1.60. The van der Waals surface area contributed by atoms with Crippen molar-refractivity contribution in [3.63, 3.8) is 0 Å². The van der Waals surface area contributed by atoms with Gasteiger partial charge in [0, 0.05) is 5.56 Å². The van der Waals surface area contributed by atoms with Crippen molar-refractivity contribution in [1.29, 1.82) is 0 Å². The van der Waals surface area contributed by atoms with Gasteiger partial charge in [0.1, 0.15) is 0 Å². The molecular formula is C8H4INaO6. The average molecular weight is 346 g/mol. The zero-order valence-corrected chi connectivity index (χ0v) is 12.3. The Labute approximate surface area is 119 Å². The van der Waals surface area contributed by atoms with Gasteiger partial charge in [-0.3, -0.25) is 0 Å². The van der Waals surface area contributed by atoms with E-state index in [0.29, 0.717) is 0 Å². The summed E-state index contributed by atoms with van der Waals surface area (Å²) in [4.78, 5) is 21.0. The van der Waals surface area contributed by atoms with E-state index in [2.05, 4.69) is 0 Å². The second-order valence-electron chi connectivity index (χ2n) is 2.50. The number of carboxylic acids is 2. The van der Waals surface area contributed by atoms with Crippen LogP contribution >= 0.6 is 19.8 Å². The molecule has 0 aliphatic rings. The molecule has 6 nitrogen and oxygen atoms in total. The van der Waals surface area contributed by atoms with Crippen molar-refractivity contribution in [2.45, 2.75) is 0 Å². The van der Waals surface area contributed by atoms with Gasteiger partial charge in [-0.15, -0.1) is 0 Å². The number of aromatic carboxylic acids is 2. The van der Waals surface area contributed by atoms with Crippen LogP contribution in [-0.4, -0.2) is 17.0 Å². The topological polar surface area (TPSA) is 112 Å². The van der Waals surface area contributed by atoms with E-state index in [1.54, 1.807) is 0 Å². The SMILES string of the molecule is O=C(O)c1ccc(C(=O)[O-])c(I(=O)=O)c1.[Na+]. The van der Waals surface area contributed by atoms with Crippen molar-refractivity contribution in [3.05, 3.63) is 32.9 Å². The number of hydrogen-bond donors (Lipinski definition) is 1. The van der Waals surface area contributed by atoms with Gasteiger partial charge in [-0.1, -0.05) is 6.07 Å². The molecule has 0 atom stereocenters. The monoisotopic (exact) mass is 346 g/mol. The second kappa shape index (κ2) is 6.28. The molecule has 8 heteroatoms. The molecule has 0 unspecified atom stereocenters. The molecular weight excluding hydrogens is 342 g/mol. The van der Waals surface area contributed by atoms with Crippen molar-refractivity contribution in [2.24, 2.45) is 0 Å². The fourth-order valence-electron chi connectivity index (χ4n) is 0.941. The van der Waals surface area contributed by atoms with Crippen LogP contribution in [0.4, 0.5) is 0 Å². The van der Waals surface area contributed by atoms with Crippen LogP contribution < -0.4 is 34.7 Å². The summed E-state index contributed by atoms with van der Waals surface area (Å²) in [6.07, 6.45) is 0. The van der Waals surface area contributed by atoms with Crippen LogP contribution in [-0.2, 0) is 6.14 Å². The first-order valence-electron chi connectivity index (χ1n) is 3.57. The van der Waals surface area contributed by atoms with Crippen molar-refractivity contribution in [2.75, 3.05) is 0 Å². The van der Waals surface area contributed by atoms with Crippen LogP contribution in [0.25, 0.3) is 0 Å². The number of benzene rings is 1. The largest absolute Gasteiger partial charge is 1.00 e. The molecule has 0 spiro atoms. The van der Waals surface area contributed by atoms with Gasteiger partial charge in [0.2, 0.25) is 0 Å². The van der Waals surface area contributed by atoms with E-state index in [-0.39, 0.29) is 35.1 Å². The molecule has 0 amide bonds. The molecule has 80 valence electrons. The van der Waals surface area contributed by atoms with Crippen LogP contribution in [0.15, 0.2) is 18.2 Å². The Balaban J connectivity index is 0.00000225. The third-order valence-corrected chi connectivity index (χ3v) is 3.44. The minimum Gasteiger partial charge on any atom is -0.545 e. The van der Waals surface area contributed by atoms with E-state index in [9.17, 15) is 20.8 Å². The number of halogens is 1. The minimum absolute atomic E-state index is 0. The van der Waals surface area contributed by atoms with Gasteiger partial charge in [-0.2, -0.15) is 0 Å². The number of carbonyl (C=O) groups is 2. The van der Waals surface area contributed by atoms with Gasteiger partial charge >= 0.3 is 55.3 Å². The quantitative estimate of drug-likeness (QED) is 0.465. The Hall–Kier alpha value is -0.510. The van der Waals surface area contributed by atoms with Crippen molar-refractivity contribution >= 4 is 31.7 Å². The average Bonchev–Trinajstić information content (AvgIpc) is 2.16. The van der Waals surface area contributed by atoms with Gasteiger partial charge in [0.05, 0.1) is 15.1 Å². The molecule has 16 heavy (non-hydrogen) atoms. The smallest absolute Gasteiger partial charge is 0.545 e. The number of carboxylic acid groups (broad SMARTS) is 2. The molecule has 0 aromatic heterocycles. The third kappa shape index (κ3) is 3.51. The first kappa shape index (κ1) is 15.5. The molecule has 0 aliphatic heterocycles.